The third-order valence-corrected chi connectivity index (χ3v) is 3.04. The lowest BCUT2D eigenvalue weighted by Gasteiger charge is -2.04. The van der Waals surface area contributed by atoms with Gasteiger partial charge in [-0.3, -0.25) is 4.68 Å². The molecule has 2 N–H and O–H groups in total. The Kier molecular flexibility index (Phi) is 2.92. The molecule has 3 heteroatoms. The van der Waals surface area contributed by atoms with E-state index in [1.807, 2.05) is 7.05 Å². The van der Waals surface area contributed by atoms with E-state index in [4.69, 9.17) is 5.73 Å². The Balaban J connectivity index is 2.63. The van der Waals surface area contributed by atoms with E-state index in [0.29, 0.717) is 0 Å². The van der Waals surface area contributed by atoms with Crippen molar-refractivity contribution < 1.29 is 0 Å². The van der Waals surface area contributed by atoms with Gasteiger partial charge in [0.15, 0.2) is 0 Å². The molecule has 2 aromatic rings. The highest BCUT2D eigenvalue weighted by molar-refractivity contribution is 5.69. The molecule has 3 nitrogen and oxygen atoms in total. The van der Waals surface area contributed by atoms with E-state index in [-0.39, 0.29) is 0 Å². The fourth-order valence-electron chi connectivity index (χ4n) is 2.27. The van der Waals surface area contributed by atoms with E-state index in [1.54, 1.807) is 4.68 Å². The van der Waals surface area contributed by atoms with Crippen molar-refractivity contribution in [3.05, 3.63) is 34.9 Å². The maximum atomic E-state index is 6.03. The number of hydrogen-bond donors (Lipinski definition) is 1. The average molecular weight is 229 g/mol. The van der Waals surface area contributed by atoms with Gasteiger partial charge in [0.2, 0.25) is 0 Å². The highest BCUT2D eigenvalue weighted by Crippen LogP contribution is 2.28. The Hall–Kier alpha value is -1.77. The highest BCUT2D eigenvalue weighted by atomic mass is 15.3. The van der Waals surface area contributed by atoms with Crippen LogP contribution in [0.1, 0.15) is 23.6 Å². The van der Waals surface area contributed by atoms with Crippen LogP contribution in [0.2, 0.25) is 0 Å². The highest BCUT2D eigenvalue weighted by Gasteiger charge is 2.14. The van der Waals surface area contributed by atoms with Crippen LogP contribution < -0.4 is 5.73 Å². The zero-order valence-electron chi connectivity index (χ0n) is 10.9. The number of aromatic nitrogens is 2. The molecule has 1 aromatic heterocycles. The van der Waals surface area contributed by atoms with Gasteiger partial charge in [-0.2, -0.15) is 5.10 Å². The lowest BCUT2D eigenvalue weighted by atomic mass is 10.0. The molecule has 1 aromatic carbocycles. The van der Waals surface area contributed by atoms with E-state index in [9.17, 15) is 0 Å². The largest absolute Gasteiger partial charge is 0.384 e. The van der Waals surface area contributed by atoms with Gasteiger partial charge in [-0.05, 0) is 32.4 Å². The minimum absolute atomic E-state index is 0.765. The van der Waals surface area contributed by atoms with Gasteiger partial charge in [0, 0.05) is 18.2 Å². The first-order chi connectivity index (χ1) is 8.02. The van der Waals surface area contributed by atoms with Crippen molar-refractivity contribution >= 4 is 5.82 Å². The fourth-order valence-corrected chi connectivity index (χ4v) is 2.27. The number of nitrogens with two attached hydrogens (primary N) is 1. The predicted octanol–water partition coefficient (Wildman–Crippen LogP) is 2.85. The van der Waals surface area contributed by atoms with E-state index < -0.39 is 0 Å². The summed E-state index contributed by atoms with van der Waals surface area (Å²) in [6.07, 6.45) is 0.905. The number of nitrogens with zero attached hydrogens (tertiary/aromatic N) is 2. The van der Waals surface area contributed by atoms with Crippen LogP contribution >= 0.6 is 0 Å². The summed E-state index contributed by atoms with van der Waals surface area (Å²) in [5.41, 5.74) is 11.8. The minimum atomic E-state index is 0.765. The van der Waals surface area contributed by atoms with Gasteiger partial charge in [0.05, 0.1) is 5.69 Å². The second kappa shape index (κ2) is 4.24. The lowest BCUT2D eigenvalue weighted by Crippen LogP contribution is -1.98. The molecular formula is C14H19N3. The van der Waals surface area contributed by atoms with Gasteiger partial charge < -0.3 is 5.73 Å². The third-order valence-electron chi connectivity index (χ3n) is 3.04. The second-order valence-electron chi connectivity index (χ2n) is 4.57. The van der Waals surface area contributed by atoms with Crippen molar-refractivity contribution in [3.8, 4) is 11.3 Å². The number of aryl methyl sites for hydroxylation is 3. The smallest absolute Gasteiger partial charge is 0.125 e. The first kappa shape index (κ1) is 11.7. The molecule has 0 radical (unpaired) electrons. The van der Waals surface area contributed by atoms with Gasteiger partial charge in [-0.1, -0.05) is 24.1 Å². The maximum Gasteiger partial charge on any atom is 0.125 e. The first-order valence-electron chi connectivity index (χ1n) is 5.93. The van der Waals surface area contributed by atoms with Crippen LogP contribution in [0.3, 0.4) is 0 Å². The van der Waals surface area contributed by atoms with E-state index >= 15 is 0 Å². The van der Waals surface area contributed by atoms with Crippen LogP contribution in [0.4, 0.5) is 5.82 Å². The van der Waals surface area contributed by atoms with Crippen molar-refractivity contribution in [2.75, 3.05) is 5.73 Å². The Morgan fingerprint density at radius 1 is 1.18 bits per heavy atom. The maximum absolute atomic E-state index is 6.03. The third kappa shape index (κ3) is 2.05. The van der Waals surface area contributed by atoms with Gasteiger partial charge in [0.1, 0.15) is 5.82 Å². The van der Waals surface area contributed by atoms with Gasteiger partial charge in [-0.15, -0.1) is 0 Å². The quantitative estimate of drug-likeness (QED) is 0.860. The standard InChI is InChI=1S/C14H19N3/c1-5-12-13(16-17(4)14(12)15)11-7-9(2)6-10(3)8-11/h6-8H,5,15H2,1-4H3. The first-order valence-corrected chi connectivity index (χ1v) is 5.93. The molecule has 0 saturated heterocycles. The molecule has 0 aliphatic rings. The van der Waals surface area contributed by atoms with Crippen molar-refractivity contribution in [1.29, 1.82) is 0 Å². The molecule has 0 unspecified atom stereocenters. The zero-order chi connectivity index (χ0) is 12.6. The molecule has 0 amide bonds. The van der Waals surface area contributed by atoms with Gasteiger partial charge in [-0.25, -0.2) is 0 Å². The van der Waals surface area contributed by atoms with Crippen LogP contribution in [0.5, 0.6) is 0 Å². The Bertz CT molecular complexity index is 533. The molecule has 2 rings (SSSR count). The zero-order valence-corrected chi connectivity index (χ0v) is 10.9. The molecule has 90 valence electrons. The van der Waals surface area contributed by atoms with Crippen LogP contribution in [-0.2, 0) is 13.5 Å². The summed E-state index contributed by atoms with van der Waals surface area (Å²) < 4.78 is 1.76. The normalized spacial score (nSPS) is 10.8. The van der Waals surface area contributed by atoms with Crippen molar-refractivity contribution in [2.45, 2.75) is 27.2 Å². The molecule has 0 aliphatic carbocycles. The van der Waals surface area contributed by atoms with Crippen LogP contribution in [0.25, 0.3) is 11.3 Å². The monoisotopic (exact) mass is 229 g/mol. The molecule has 0 bridgehead atoms. The second-order valence-corrected chi connectivity index (χ2v) is 4.57. The number of rotatable bonds is 2. The number of nitrogen functional groups attached to an aromatic ring is 1. The van der Waals surface area contributed by atoms with Gasteiger partial charge >= 0.3 is 0 Å². The molecule has 17 heavy (non-hydrogen) atoms. The molecular weight excluding hydrogens is 210 g/mol. The molecule has 0 saturated carbocycles. The Morgan fingerprint density at radius 3 is 2.29 bits per heavy atom. The van der Waals surface area contributed by atoms with Crippen molar-refractivity contribution in [2.24, 2.45) is 7.05 Å². The van der Waals surface area contributed by atoms with E-state index in [2.05, 4.69) is 44.1 Å². The fraction of sp³-hybridized carbons (Fsp3) is 0.357. The summed E-state index contributed by atoms with van der Waals surface area (Å²) >= 11 is 0. The summed E-state index contributed by atoms with van der Waals surface area (Å²) in [5.74, 6) is 0.765. The predicted molar refractivity (Wildman–Crippen MR) is 71.9 cm³/mol. The SMILES string of the molecule is CCc1c(-c2cc(C)cc(C)c2)nn(C)c1N. The Labute approximate surface area is 102 Å². The van der Waals surface area contributed by atoms with Gasteiger partial charge in [0.25, 0.3) is 0 Å². The van der Waals surface area contributed by atoms with Crippen molar-refractivity contribution in [1.82, 2.24) is 9.78 Å². The van der Waals surface area contributed by atoms with E-state index in [0.717, 1.165) is 29.1 Å². The molecule has 1 heterocycles. The molecule has 0 aliphatic heterocycles. The summed E-state index contributed by atoms with van der Waals surface area (Å²) in [5, 5.41) is 4.53. The summed E-state index contributed by atoms with van der Waals surface area (Å²) in [4.78, 5) is 0. The summed E-state index contributed by atoms with van der Waals surface area (Å²) in [6, 6.07) is 6.49. The summed E-state index contributed by atoms with van der Waals surface area (Å²) in [6.45, 7) is 6.32. The minimum Gasteiger partial charge on any atom is -0.384 e. The topological polar surface area (TPSA) is 43.8 Å². The molecule has 0 spiro atoms. The number of benzene rings is 1. The summed E-state index contributed by atoms with van der Waals surface area (Å²) in [7, 11) is 1.89. The van der Waals surface area contributed by atoms with Crippen LogP contribution in [0.15, 0.2) is 18.2 Å². The van der Waals surface area contributed by atoms with E-state index in [1.165, 1.54) is 11.1 Å². The number of hydrogen-bond acceptors (Lipinski definition) is 2. The van der Waals surface area contributed by atoms with Crippen molar-refractivity contribution in [3.63, 3.8) is 0 Å². The average Bonchev–Trinajstić information content (AvgIpc) is 2.54. The lowest BCUT2D eigenvalue weighted by molar-refractivity contribution is 0.781. The molecule has 0 fully saturated rings. The van der Waals surface area contributed by atoms with Crippen LogP contribution in [0, 0.1) is 13.8 Å². The number of anilines is 1. The van der Waals surface area contributed by atoms with Crippen LogP contribution in [-0.4, -0.2) is 9.78 Å². The molecule has 0 atom stereocenters. The Morgan fingerprint density at radius 2 is 1.76 bits per heavy atom.